The quantitative estimate of drug-likeness (QED) is 0.650. The first-order valence-electron chi connectivity index (χ1n) is 5.36. The van der Waals surface area contributed by atoms with Crippen LogP contribution in [0.3, 0.4) is 0 Å². The number of nitrogens with two attached hydrogens (primary N) is 1. The predicted octanol–water partition coefficient (Wildman–Crippen LogP) is 0.319. The Morgan fingerprint density at radius 2 is 2.40 bits per heavy atom. The highest BCUT2D eigenvalue weighted by molar-refractivity contribution is 5.32. The molecule has 0 saturated heterocycles. The highest BCUT2D eigenvalue weighted by Gasteiger charge is 2.21. The molecule has 1 unspecified atom stereocenters. The van der Waals surface area contributed by atoms with Gasteiger partial charge in [-0.2, -0.15) is 0 Å². The maximum atomic E-state index is 9.75. The first-order valence-corrected chi connectivity index (χ1v) is 5.36. The number of hydrogen-bond donors (Lipinski definition) is 3. The van der Waals surface area contributed by atoms with Crippen molar-refractivity contribution in [3.05, 3.63) is 23.9 Å². The third-order valence-electron chi connectivity index (χ3n) is 2.54. The molecule has 0 aliphatic heterocycles. The minimum Gasteiger partial charge on any atom is -0.391 e. The van der Waals surface area contributed by atoms with Gasteiger partial charge in [0, 0.05) is 18.8 Å². The smallest absolute Gasteiger partial charge is 0.123 e. The molecule has 4 nitrogen and oxygen atoms in total. The summed E-state index contributed by atoms with van der Waals surface area (Å²) < 4.78 is 0. The van der Waals surface area contributed by atoms with Gasteiger partial charge in [-0.05, 0) is 37.0 Å². The number of aliphatic hydroxyl groups is 1. The molecule has 1 aromatic rings. The average molecular weight is 207 g/mol. The van der Waals surface area contributed by atoms with E-state index in [1.165, 1.54) is 12.8 Å². The lowest BCUT2D eigenvalue weighted by Crippen LogP contribution is -2.29. The molecule has 82 valence electrons. The Balaban J connectivity index is 1.79. The van der Waals surface area contributed by atoms with Gasteiger partial charge in [-0.3, -0.25) is 0 Å². The van der Waals surface area contributed by atoms with Gasteiger partial charge >= 0.3 is 0 Å². The minimum atomic E-state index is -0.340. The van der Waals surface area contributed by atoms with Crippen LogP contribution in [0.15, 0.2) is 18.3 Å². The zero-order valence-electron chi connectivity index (χ0n) is 8.69. The Bertz CT molecular complexity index is 325. The summed E-state index contributed by atoms with van der Waals surface area (Å²) in [4.78, 5) is 3.91. The Morgan fingerprint density at radius 3 is 3.07 bits per heavy atom. The summed E-state index contributed by atoms with van der Waals surface area (Å²) in [5, 5.41) is 13.0. The number of rotatable bonds is 5. The van der Waals surface area contributed by atoms with Crippen molar-refractivity contribution in [1.29, 1.82) is 0 Å². The van der Waals surface area contributed by atoms with Gasteiger partial charge in [0.1, 0.15) is 5.82 Å². The van der Waals surface area contributed by atoms with Crippen molar-refractivity contribution >= 4 is 5.82 Å². The number of nitrogens with one attached hydrogen (secondary N) is 1. The summed E-state index contributed by atoms with van der Waals surface area (Å²) in [6.45, 7) is 0.660. The molecule has 0 spiro atoms. The molecule has 1 saturated carbocycles. The molecule has 4 N–H and O–H groups in total. The highest BCUT2D eigenvalue weighted by Crippen LogP contribution is 2.18. The maximum Gasteiger partial charge on any atom is 0.123 e. The molecule has 1 fully saturated rings. The molecular formula is C11H17N3O. The van der Waals surface area contributed by atoms with Crippen LogP contribution < -0.4 is 11.1 Å². The first-order chi connectivity index (χ1) is 7.24. The summed E-state index contributed by atoms with van der Waals surface area (Å²) >= 11 is 0. The van der Waals surface area contributed by atoms with Gasteiger partial charge < -0.3 is 16.2 Å². The molecule has 15 heavy (non-hydrogen) atoms. The molecule has 1 aliphatic carbocycles. The monoisotopic (exact) mass is 207 g/mol. The van der Waals surface area contributed by atoms with Crippen LogP contribution in [0.25, 0.3) is 0 Å². The summed E-state index contributed by atoms with van der Waals surface area (Å²) in [5.41, 5.74) is 6.59. The van der Waals surface area contributed by atoms with Crippen LogP contribution in [0.4, 0.5) is 5.82 Å². The van der Waals surface area contributed by atoms with E-state index in [1.54, 1.807) is 12.3 Å². The summed E-state index contributed by atoms with van der Waals surface area (Å²) in [5.74, 6) is 0.509. The van der Waals surface area contributed by atoms with E-state index in [2.05, 4.69) is 10.3 Å². The third kappa shape index (κ3) is 3.49. The van der Waals surface area contributed by atoms with Crippen LogP contribution in [-0.2, 0) is 6.42 Å². The number of nitrogen functional groups attached to an aromatic ring is 1. The zero-order chi connectivity index (χ0) is 10.7. The second-order valence-electron chi connectivity index (χ2n) is 4.13. The van der Waals surface area contributed by atoms with E-state index in [-0.39, 0.29) is 6.10 Å². The molecule has 1 aromatic heterocycles. The SMILES string of the molecule is Nc1cc(CC(O)CNC2CC2)ccn1. The molecule has 0 bridgehead atoms. The van der Waals surface area contributed by atoms with Crippen molar-refractivity contribution < 1.29 is 5.11 Å². The lowest BCUT2D eigenvalue weighted by Gasteiger charge is -2.11. The number of pyridine rings is 1. The summed E-state index contributed by atoms with van der Waals surface area (Å²) in [6.07, 6.45) is 4.45. The van der Waals surface area contributed by atoms with Crippen LogP contribution in [-0.4, -0.2) is 28.8 Å². The van der Waals surface area contributed by atoms with Gasteiger partial charge in [-0.1, -0.05) is 0 Å². The van der Waals surface area contributed by atoms with Gasteiger partial charge in [0.15, 0.2) is 0 Å². The van der Waals surface area contributed by atoms with Gasteiger partial charge in [0.2, 0.25) is 0 Å². The molecular weight excluding hydrogens is 190 g/mol. The van der Waals surface area contributed by atoms with Crippen LogP contribution in [0.1, 0.15) is 18.4 Å². The Morgan fingerprint density at radius 1 is 1.60 bits per heavy atom. The number of hydrogen-bond acceptors (Lipinski definition) is 4. The minimum absolute atomic E-state index is 0.340. The Hall–Kier alpha value is -1.13. The Kier molecular flexibility index (Phi) is 3.18. The molecule has 0 radical (unpaired) electrons. The third-order valence-corrected chi connectivity index (χ3v) is 2.54. The lowest BCUT2D eigenvalue weighted by molar-refractivity contribution is 0.171. The molecule has 1 aliphatic rings. The van der Waals surface area contributed by atoms with E-state index in [0.717, 1.165) is 5.56 Å². The number of nitrogens with zero attached hydrogens (tertiary/aromatic N) is 1. The number of anilines is 1. The van der Waals surface area contributed by atoms with Gasteiger partial charge in [0.25, 0.3) is 0 Å². The van der Waals surface area contributed by atoms with Crippen LogP contribution in [0.5, 0.6) is 0 Å². The molecule has 1 atom stereocenters. The van der Waals surface area contributed by atoms with Gasteiger partial charge in [-0.15, -0.1) is 0 Å². The fraction of sp³-hybridized carbons (Fsp3) is 0.545. The van der Waals surface area contributed by atoms with E-state index in [9.17, 15) is 5.11 Å². The number of aliphatic hydroxyl groups excluding tert-OH is 1. The molecule has 0 aromatic carbocycles. The number of aromatic nitrogens is 1. The molecule has 4 heteroatoms. The Labute approximate surface area is 89.5 Å². The predicted molar refractivity (Wildman–Crippen MR) is 59.4 cm³/mol. The van der Waals surface area contributed by atoms with Crippen LogP contribution in [0, 0.1) is 0 Å². The largest absolute Gasteiger partial charge is 0.391 e. The van der Waals surface area contributed by atoms with E-state index in [1.807, 2.05) is 6.07 Å². The summed E-state index contributed by atoms with van der Waals surface area (Å²) in [6, 6.07) is 4.33. The van der Waals surface area contributed by atoms with Crippen molar-refractivity contribution in [3.8, 4) is 0 Å². The second kappa shape index (κ2) is 4.59. The lowest BCUT2D eigenvalue weighted by atomic mass is 10.1. The van der Waals surface area contributed by atoms with Crippen LogP contribution >= 0.6 is 0 Å². The van der Waals surface area contributed by atoms with Crippen molar-refractivity contribution in [2.75, 3.05) is 12.3 Å². The fourth-order valence-electron chi connectivity index (χ4n) is 1.56. The van der Waals surface area contributed by atoms with E-state index < -0.39 is 0 Å². The zero-order valence-corrected chi connectivity index (χ0v) is 8.69. The van der Waals surface area contributed by atoms with Crippen LogP contribution in [0.2, 0.25) is 0 Å². The maximum absolute atomic E-state index is 9.75. The highest BCUT2D eigenvalue weighted by atomic mass is 16.3. The molecule has 0 amide bonds. The summed E-state index contributed by atoms with van der Waals surface area (Å²) in [7, 11) is 0. The topological polar surface area (TPSA) is 71.2 Å². The van der Waals surface area contributed by atoms with Gasteiger partial charge in [0.05, 0.1) is 6.10 Å². The first kappa shape index (κ1) is 10.4. The van der Waals surface area contributed by atoms with E-state index in [0.29, 0.717) is 24.8 Å². The van der Waals surface area contributed by atoms with E-state index in [4.69, 9.17) is 5.73 Å². The van der Waals surface area contributed by atoms with Crippen molar-refractivity contribution in [2.45, 2.75) is 31.4 Å². The fourth-order valence-corrected chi connectivity index (χ4v) is 1.56. The van der Waals surface area contributed by atoms with E-state index >= 15 is 0 Å². The molecule has 2 rings (SSSR count). The van der Waals surface area contributed by atoms with Crippen molar-refractivity contribution in [1.82, 2.24) is 10.3 Å². The standard InChI is InChI=1S/C11H17N3O/c12-11-6-8(3-4-13-11)5-10(15)7-14-9-1-2-9/h3-4,6,9-10,14-15H,1-2,5,7H2,(H2,12,13). The van der Waals surface area contributed by atoms with Crippen molar-refractivity contribution in [2.24, 2.45) is 0 Å². The van der Waals surface area contributed by atoms with Gasteiger partial charge in [-0.25, -0.2) is 4.98 Å². The average Bonchev–Trinajstić information content (AvgIpc) is 2.98. The van der Waals surface area contributed by atoms with Crippen molar-refractivity contribution in [3.63, 3.8) is 0 Å². The normalized spacial score (nSPS) is 17.7. The second-order valence-corrected chi connectivity index (χ2v) is 4.13. The molecule has 1 heterocycles.